The highest BCUT2D eigenvalue weighted by Crippen LogP contribution is 2.62. The van der Waals surface area contributed by atoms with Gasteiger partial charge in [0.25, 0.3) is 0 Å². The van der Waals surface area contributed by atoms with Crippen LogP contribution in [0.5, 0.6) is 0 Å². The zero-order valence-electron chi connectivity index (χ0n) is 15.4. The van der Waals surface area contributed by atoms with Gasteiger partial charge in [0.15, 0.2) is 0 Å². The van der Waals surface area contributed by atoms with E-state index in [1.54, 1.807) is 5.57 Å². The van der Waals surface area contributed by atoms with Gasteiger partial charge in [-0.2, -0.15) is 0 Å². The molecule has 1 unspecified atom stereocenters. The van der Waals surface area contributed by atoms with Gasteiger partial charge in [-0.05, 0) is 57.9 Å². The Morgan fingerprint density at radius 3 is 2.07 bits per heavy atom. The van der Waals surface area contributed by atoms with Crippen molar-refractivity contribution in [1.82, 2.24) is 0 Å². The van der Waals surface area contributed by atoms with E-state index in [1.165, 1.54) is 39.2 Å². The molecule has 3 aromatic carbocycles. The van der Waals surface area contributed by atoms with Crippen LogP contribution < -0.4 is 5.32 Å². The van der Waals surface area contributed by atoms with Crippen LogP contribution in [0.25, 0.3) is 5.57 Å². The van der Waals surface area contributed by atoms with Gasteiger partial charge >= 0.3 is 0 Å². The highest BCUT2D eigenvalue weighted by molar-refractivity contribution is 5.95. The fourth-order valence-corrected chi connectivity index (χ4v) is 5.57. The highest BCUT2D eigenvalue weighted by atomic mass is 14.9. The zero-order valence-corrected chi connectivity index (χ0v) is 15.4. The van der Waals surface area contributed by atoms with Crippen molar-refractivity contribution in [1.29, 1.82) is 0 Å². The molecule has 130 valence electrons. The molecule has 6 rings (SSSR count). The molecule has 0 aromatic heterocycles. The average Bonchev–Trinajstić information content (AvgIpc) is 3.01. The highest BCUT2D eigenvalue weighted by Gasteiger charge is 2.52. The van der Waals surface area contributed by atoms with Gasteiger partial charge < -0.3 is 5.32 Å². The standard InChI is InChI=1S/C26H21N/c1-17-9-8-11-19-18-10-2-3-12-20(18)26(25(17)19)21-13-4-6-15-23(21)27-24-16-7-5-14-22(24)26/h2-8,10-17,27H,9H2,1H3. The number of fused-ring (bicyclic) bond motifs is 8. The monoisotopic (exact) mass is 347 g/mol. The van der Waals surface area contributed by atoms with Crippen LogP contribution in [-0.2, 0) is 5.41 Å². The molecule has 1 nitrogen and oxygen atoms in total. The third-order valence-corrected chi connectivity index (χ3v) is 6.51. The first-order valence-corrected chi connectivity index (χ1v) is 9.79. The number of nitrogens with one attached hydrogen (secondary N) is 1. The lowest BCUT2D eigenvalue weighted by Crippen LogP contribution is -2.36. The number of benzene rings is 3. The maximum absolute atomic E-state index is 3.69. The lowest BCUT2D eigenvalue weighted by Gasteiger charge is -2.43. The minimum Gasteiger partial charge on any atom is -0.355 e. The molecule has 0 saturated heterocycles. The van der Waals surface area contributed by atoms with Crippen LogP contribution in [-0.4, -0.2) is 0 Å². The van der Waals surface area contributed by atoms with Crippen molar-refractivity contribution in [3.63, 3.8) is 0 Å². The Hall–Kier alpha value is -3.06. The summed E-state index contributed by atoms with van der Waals surface area (Å²) in [5.41, 5.74) is 10.8. The molecular weight excluding hydrogens is 326 g/mol. The SMILES string of the molecule is CC1CC=CC2=C1C1(c3ccccc3Nc3ccccc31)c1ccccc12. The molecule has 1 spiro atoms. The molecule has 0 amide bonds. The van der Waals surface area contributed by atoms with Crippen molar-refractivity contribution in [3.05, 3.63) is 113 Å². The molecule has 2 aliphatic carbocycles. The molecule has 0 saturated carbocycles. The van der Waals surface area contributed by atoms with Crippen molar-refractivity contribution in [2.45, 2.75) is 18.8 Å². The van der Waals surface area contributed by atoms with Gasteiger partial charge in [-0.25, -0.2) is 0 Å². The minimum absolute atomic E-state index is 0.200. The van der Waals surface area contributed by atoms with Crippen molar-refractivity contribution in [3.8, 4) is 0 Å². The van der Waals surface area contributed by atoms with E-state index in [-0.39, 0.29) is 5.41 Å². The smallest absolute Gasteiger partial charge is 0.0719 e. The summed E-state index contributed by atoms with van der Waals surface area (Å²) < 4.78 is 0. The maximum Gasteiger partial charge on any atom is 0.0719 e. The lowest BCUT2D eigenvalue weighted by molar-refractivity contribution is 0.582. The van der Waals surface area contributed by atoms with Crippen LogP contribution in [0.4, 0.5) is 11.4 Å². The van der Waals surface area contributed by atoms with E-state index in [2.05, 4.69) is 97.2 Å². The van der Waals surface area contributed by atoms with Gasteiger partial charge in [-0.15, -0.1) is 0 Å². The average molecular weight is 347 g/mol. The molecule has 1 atom stereocenters. The van der Waals surface area contributed by atoms with Crippen molar-refractivity contribution < 1.29 is 0 Å². The van der Waals surface area contributed by atoms with Crippen molar-refractivity contribution >= 4 is 16.9 Å². The van der Waals surface area contributed by atoms with Gasteiger partial charge in [0.05, 0.1) is 5.41 Å². The molecule has 27 heavy (non-hydrogen) atoms. The van der Waals surface area contributed by atoms with E-state index in [1.807, 2.05) is 0 Å². The fraction of sp³-hybridized carbons (Fsp3) is 0.154. The molecule has 1 aliphatic heterocycles. The van der Waals surface area contributed by atoms with Gasteiger partial charge in [-0.1, -0.05) is 79.7 Å². The van der Waals surface area contributed by atoms with E-state index >= 15 is 0 Å². The zero-order chi connectivity index (χ0) is 18.0. The number of rotatable bonds is 0. The summed E-state index contributed by atoms with van der Waals surface area (Å²) in [5, 5.41) is 3.69. The second kappa shape index (κ2) is 5.23. The summed E-state index contributed by atoms with van der Waals surface area (Å²) in [5.74, 6) is 0.511. The second-order valence-electron chi connectivity index (χ2n) is 7.88. The Labute approximate surface area is 160 Å². The first kappa shape index (κ1) is 15.0. The van der Waals surface area contributed by atoms with E-state index in [0.29, 0.717) is 5.92 Å². The number of anilines is 2. The molecule has 1 heteroatoms. The van der Waals surface area contributed by atoms with E-state index in [4.69, 9.17) is 0 Å². The third-order valence-electron chi connectivity index (χ3n) is 6.51. The minimum atomic E-state index is -0.200. The first-order chi connectivity index (χ1) is 13.3. The Kier molecular flexibility index (Phi) is 2.91. The Balaban J connectivity index is 1.84. The van der Waals surface area contributed by atoms with Gasteiger partial charge in [-0.3, -0.25) is 0 Å². The maximum atomic E-state index is 3.69. The topological polar surface area (TPSA) is 12.0 Å². The largest absolute Gasteiger partial charge is 0.355 e. The summed E-state index contributed by atoms with van der Waals surface area (Å²) in [6, 6.07) is 26.7. The fourth-order valence-electron chi connectivity index (χ4n) is 5.57. The van der Waals surface area contributed by atoms with E-state index in [9.17, 15) is 0 Å². The number of allylic oxidation sites excluding steroid dienone is 4. The van der Waals surface area contributed by atoms with Crippen LogP contribution >= 0.6 is 0 Å². The van der Waals surface area contributed by atoms with Gasteiger partial charge in [0, 0.05) is 11.4 Å². The van der Waals surface area contributed by atoms with Crippen molar-refractivity contribution in [2.24, 2.45) is 5.92 Å². The molecule has 0 bridgehead atoms. The molecule has 1 N–H and O–H groups in total. The molecule has 3 aliphatic rings. The van der Waals surface area contributed by atoms with Crippen LogP contribution in [0, 0.1) is 5.92 Å². The van der Waals surface area contributed by atoms with Crippen LogP contribution in [0.1, 0.15) is 35.6 Å². The van der Waals surface area contributed by atoms with Crippen LogP contribution in [0.15, 0.2) is 90.5 Å². The van der Waals surface area contributed by atoms with E-state index in [0.717, 1.165) is 6.42 Å². The Bertz CT molecular complexity index is 1100. The number of hydrogen-bond donors (Lipinski definition) is 1. The second-order valence-corrected chi connectivity index (χ2v) is 7.88. The summed E-state index contributed by atoms with van der Waals surface area (Å²) >= 11 is 0. The van der Waals surface area contributed by atoms with Crippen LogP contribution in [0.2, 0.25) is 0 Å². The van der Waals surface area contributed by atoms with Gasteiger partial charge in [0.1, 0.15) is 0 Å². The predicted molar refractivity (Wildman–Crippen MR) is 112 cm³/mol. The quantitative estimate of drug-likeness (QED) is 0.493. The predicted octanol–water partition coefficient (Wildman–Crippen LogP) is 6.44. The first-order valence-electron chi connectivity index (χ1n) is 9.79. The summed E-state index contributed by atoms with van der Waals surface area (Å²) in [6.45, 7) is 2.39. The summed E-state index contributed by atoms with van der Waals surface area (Å²) in [7, 11) is 0. The molecule has 0 radical (unpaired) electrons. The normalized spacial score (nSPS) is 20.6. The third kappa shape index (κ3) is 1.74. The molecule has 3 aromatic rings. The molecular formula is C26H21N. The number of hydrogen-bond acceptors (Lipinski definition) is 1. The van der Waals surface area contributed by atoms with E-state index < -0.39 is 0 Å². The lowest BCUT2D eigenvalue weighted by atomic mass is 9.61. The Morgan fingerprint density at radius 1 is 0.778 bits per heavy atom. The summed E-state index contributed by atoms with van der Waals surface area (Å²) in [6.07, 6.45) is 5.81. The molecule has 0 fully saturated rings. The van der Waals surface area contributed by atoms with Gasteiger partial charge in [0.2, 0.25) is 0 Å². The van der Waals surface area contributed by atoms with Crippen LogP contribution in [0.3, 0.4) is 0 Å². The van der Waals surface area contributed by atoms with Crippen molar-refractivity contribution in [2.75, 3.05) is 5.32 Å². The number of para-hydroxylation sites is 2. The molecule has 1 heterocycles. The summed E-state index contributed by atoms with van der Waals surface area (Å²) in [4.78, 5) is 0. The Morgan fingerprint density at radius 2 is 1.37 bits per heavy atom.